The van der Waals surface area contributed by atoms with Gasteiger partial charge in [0.2, 0.25) is 0 Å². The van der Waals surface area contributed by atoms with E-state index in [0.29, 0.717) is 24.3 Å². The molecule has 7 heteroatoms. The lowest BCUT2D eigenvalue weighted by molar-refractivity contribution is 0.0708. The molecule has 3 rings (SSSR count). The lowest BCUT2D eigenvalue weighted by Crippen LogP contribution is -2.45. The van der Waals surface area contributed by atoms with Crippen molar-refractivity contribution in [2.45, 2.75) is 25.8 Å². The molecule has 1 aliphatic heterocycles. The molecule has 134 valence electrons. The molecule has 2 heterocycles. The van der Waals surface area contributed by atoms with Crippen LogP contribution in [0.15, 0.2) is 41.0 Å². The van der Waals surface area contributed by atoms with Gasteiger partial charge >= 0.3 is 0 Å². The van der Waals surface area contributed by atoms with E-state index in [4.69, 9.17) is 10.2 Å². The summed E-state index contributed by atoms with van der Waals surface area (Å²) in [7, 11) is 0. The van der Waals surface area contributed by atoms with Gasteiger partial charge in [0.25, 0.3) is 11.8 Å². The second kappa shape index (κ2) is 8.18. The number of hydrogen-bond donors (Lipinski definition) is 2. The topological polar surface area (TPSA) is 88.6 Å². The Morgan fingerprint density at radius 3 is 2.80 bits per heavy atom. The number of piperidine rings is 1. The Morgan fingerprint density at radius 1 is 1.32 bits per heavy atom. The highest BCUT2D eigenvalue weighted by molar-refractivity contribution is 6.04. The van der Waals surface area contributed by atoms with Crippen molar-refractivity contribution in [3.05, 3.63) is 53.5 Å². The van der Waals surface area contributed by atoms with E-state index < -0.39 is 0 Å². The molecule has 0 spiro atoms. The van der Waals surface area contributed by atoms with Crippen molar-refractivity contribution < 1.29 is 14.0 Å². The largest absolute Gasteiger partial charge is 0.459 e. The van der Waals surface area contributed by atoms with Crippen LogP contribution in [0.3, 0.4) is 0 Å². The average molecular weight is 364 g/mol. The third-order valence-electron chi connectivity index (χ3n) is 4.22. The minimum atomic E-state index is -0.340. The predicted molar refractivity (Wildman–Crippen MR) is 98.2 cm³/mol. The number of nitrogens with one attached hydrogen (secondary N) is 1. The highest BCUT2D eigenvalue weighted by atomic mass is 35.5. The zero-order chi connectivity index (χ0) is 17.1. The zero-order valence-electron chi connectivity index (χ0n) is 14.0. The summed E-state index contributed by atoms with van der Waals surface area (Å²) in [5.41, 5.74) is 7.98. The fourth-order valence-electron chi connectivity index (χ4n) is 2.86. The summed E-state index contributed by atoms with van der Waals surface area (Å²) in [6, 6.07) is 8.59. The van der Waals surface area contributed by atoms with Gasteiger partial charge in [0.05, 0.1) is 6.26 Å². The van der Waals surface area contributed by atoms with Gasteiger partial charge in [0.15, 0.2) is 5.76 Å². The van der Waals surface area contributed by atoms with Crippen LogP contribution < -0.4 is 11.1 Å². The van der Waals surface area contributed by atoms with Crippen LogP contribution in [-0.4, -0.2) is 35.8 Å². The molecule has 2 aromatic rings. The van der Waals surface area contributed by atoms with Crippen LogP contribution in [0, 0.1) is 6.92 Å². The maximum atomic E-state index is 12.7. The molecule has 1 aromatic heterocycles. The summed E-state index contributed by atoms with van der Waals surface area (Å²) in [5.74, 6) is -0.167. The fraction of sp³-hybridized carbons (Fsp3) is 0.333. The highest BCUT2D eigenvalue weighted by Gasteiger charge is 2.23. The number of benzene rings is 1. The van der Waals surface area contributed by atoms with Crippen LogP contribution in [0.1, 0.15) is 39.3 Å². The molecule has 1 atom stereocenters. The lowest BCUT2D eigenvalue weighted by atomic mass is 10.0. The third kappa shape index (κ3) is 4.41. The number of nitrogens with zero attached hydrogens (tertiary/aromatic N) is 1. The smallest absolute Gasteiger partial charge is 0.291 e. The number of rotatable bonds is 3. The summed E-state index contributed by atoms with van der Waals surface area (Å²) in [6.45, 7) is 3.16. The molecule has 6 nitrogen and oxygen atoms in total. The number of likely N-dealkylation sites (tertiary alicyclic amines) is 1. The molecule has 3 N–H and O–H groups in total. The number of nitrogens with two attached hydrogens (primary N) is 1. The van der Waals surface area contributed by atoms with Crippen LogP contribution in [0.2, 0.25) is 0 Å². The summed E-state index contributed by atoms with van der Waals surface area (Å²) in [4.78, 5) is 26.6. The number of carbonyl (C=O) groups is 2. The number of hydrogen-bond acceptors (Lipinski definition) is 4. The van der Waals surface area contributed by atoms with E-state index >= 15 is 0 Å². The Bertz CT molecular complexity index is 746. The predicted octanol–water partition coefficient (Wildman–Crippen LogP) is 2.83. The number of aryl methyl sites for hydroxylation is 1. The van der Waals surface area contributed by atoms with Crippen LogP contribution in [-0.2, 0) is 0 Å². The first kappa shape index (κ1) is 19.0. The van der Waals surface area contributed by atoms with Gasteiger partial charge < -0.3 is 20.4 Å². The molecule has 1 aliphatic rings. The van der Waals surface area contributed by atoms with Gasteiger partial charge in [-0.25, -0.2) is 0 Å². The van der Waals surface area contributed by atoms with E-state index in [0.717, 1.165) is 18.4 Å². The number of carbonyl (C=O) groups excluding carboxylic acids is 2. The second-order valence-electron chi connectivity index (χ2n) is 6.11. The maximum Gasteiger partial charge on any atom is 0.291 e. The van der Waals surface area contributed by atoms with Crippen LogP contribution in [0.4, 0.5) is 5.69 Å². The number of furan rings is 1. The standard InChI is InChI=1S/C18H21N3O3.ClH/c1-12-6-7-13(18(23)21-8-2-4-14(19)11-21)10-15(12)20-17(22)16-5-3-9-24-16;/h3,5-7,9-10,14H,2,4,8,11,19H2,1H3,(H,20,22);1H. The molecule has 1 unspecified atom stereocenters. The SMILES string of the molecule is Cc1ccc(C(=O)N2CCCC(N)C2)cc1NC(=O)c1ccco1.Cl. The van der Waals surface area contributed by atoms with Crippen molar-refractivity contribution in [2.24, 2.45) is 5.73 Å². The first-order valence-electron chi connectivity index (χ1n) is 8.05. The van der Waals surface area contributed by atoms with E-state index in [1.54, 1.807) is 29.2 Å². The van der Waals surface area contributed by atoms with Gasteiger partial charge in [-0.3, -0.25) is 9.59 Å². The minimum absolute atomic E-state index is 0. The molecular formula is C18H22ClN3O3. The Morgan fingerprint density at radius 2 is 2.12 bits per heavy atom. The van der Waals surface area contributed by atoms with Crippen molar-refractivity contribution in [3.8, 4) is 0 Å². The monoisotopic (exact) mass is 363 g/mol. The third-order valence-corrected chi connectivity index (χ3v) is 4.22. The quantitative estimate of drug-likeness (QED) is 0.877. The van der Waals surface area contributed by atoms with Gasteiger partial charge in [-0.15, -0.1) is 12.4 Å². The van der Waals surface area contributed by atoms with E-state index in [-0.39, 0.29) is 36.0 Å². The number of amides is 2. The zero-order valence-corrected chi connectivity index (χ0v) is 14.8. The van der Waals surface area contributed by atoms with Crippen molar-refractivity contribution in [3.63, 3.8) is 0 Å². The van der Waals surface area contributed by atoms with Crippen molar-refractivity contribution >= 4 is 29.9 Å². The number of anilines is 1. The molecular weight excluding hydrogens is 342 g/mol. The Hall–Kier alpha value is -2.31. The molecule has 0 saturated carbocycles. The summed E-state index contributed by atoms with van der Waals surface area (Å²) < 4.78 is 5.09. The van der Waals surface area contributed by atoms with E-state index in [9.17, 15) is 9.59 Å². The summed E-state index contributed by atoms with van der Waals surface area (Å²) in [6.07, 6.45) is 3.31. The molecule has 0 bridgehead atoms. The van der Waals surface area contributed by atoms with E-state index in [1.165, 1.54) is 6.26 Å². The first-order valence-corrected chi connectivity index (χ1v) is 8.05. The van der Waals surface area contributed by atoms with E-state index in [2.05, 4.69) is 5.32 Å². The molecule has 0 aliphatic carbocycles. The van der Waals surface area contributed by atoms with Gasteiger partial charge in [-0.1, -0.05) is 6.07 Å². The highest BCUT2D eigenvalue weighted by Crippen LogP contribution is 2.20. The van der Waals surface area contributed by atoms with E-state index in [1.807, 2.05) is 13.0 Å². The molecule has 0 radical (unpaired) electrons. The molecule has 25 heavy (non-hydrogen) atoms. The normalized spacial score (nSPS) is 16.9. The lowest BCUT2D eigenvalue weighted by Gasteiger charge is -2.31. The molecule has 1 saturated heterocycles. The van der Waals surface area contributed by atoms with Crippen LogP contribution in [0.5, 0.6) is 0 Å². The Balaban J connectivity index is 0.00000225. The Labute approximate surface area is 152 Å². The second-order valence-corrected chi connectivity index (χ2v) is 6.11. The molecule has 1 aromatic carbocycles. The average Bonchev–Trinajstić information content (AvgIpc) is 3.11. The summed E-state index contributed by atoms with van der Waals surface area (Å²) in [5, 5.41) is 2.79. The molecule has 2 amide bonds. The van der Waals surface area contributed by atoms with Gasteiger partial charge in [-0.05, 0) is 49.6 Å². The van der Waals surface area contributed by atoms with Gasteiger partial charge in [-0.2, -0.15) is 0 Å². The molecule has 1 fully saturated rings. The minimum Gasteiger partial charge on any atom is -0.459 e. The van der Waals surface area contributed by atoms with Crippen LogP contribution >= 0.6 is 12.4 Å². The van der Waals surface area contributed by atoms with Crippen LogP contribution in [0.25, 0.3) is 0 Å². The van der Waals surface area contributed by atoms with Crippen molar-refractivity contribution in [1.29, 1.82) is 0 Å². The van der Waals surface area contributed by atoms with Gasteiger partial charge in [0, 0.05) is 30.4 Å². The Kier molecular flexibility index (Phi) is 6.22. The fourth-order valence-corrected chi connectivity index (χ4v) is 2.86. The summed E-state index contributed by atoms with van der Waals surface area (Å²) >= 11 is 0. The first-order chi connectivity index (χ1) is 11.5. The number of halogens is 1. The van der Waals surface area contributed by atoms with Crippen molar-refractivity contribution in [1.82, 2.24) is 4.90 Å². The van der Waals surface area contributed by atoms with Crippen molar-refractivity contribution in [2.75, 3.05) is 18.4 Å². The van der Waals surface area contributed by atoms with Gasteiger partial charge in [0.1, 0.15) is 0 Å². The maximum absolute atomic E-state index is 12.7.